The Labute approximate surface area is 136 Å². The molecule has 1 nitrogen and oxygen atoms in total. The van der Waals surface area contributed by atoms with Gasteiger partial charge in [-0.3, -0.25) is 0 Å². The quantitative estimate of drug-likeness (QED) is 0.693. The Morgan fingerprint density at radius 3 is 2.85 bits per heavy atom. The van der Waals surface area contributed by atoms with E-state index in [2.05, 4.69) is 39.6 Å². The number of nitrogens with one attached hydrogen (secondary N) is 1. The molecule has 0 radical (unpaired) electrons. The molecule has 2 rings (SSSR count). The van der Waals surface area contributed by atoms with Crippen LogP contribution < -0.4 is 5.32 Å². The van der Waals surface area contributed by atoms with E-state index in [4.69, 9.17) is 11.6 Å². The zero-order chi connectivity index (χ0) is 14.5. The largest absolute Gasteiger partial charge is 0.310 e. The molecular formula is C15H16BrClFNS. The molecule has 0 aliphatic carbocycles. The first-order valence-electron chi connectivity index (χ1n) is 6.51. The van der Waals surface area contributed by atoms with Gasteiger partial charge in [0.15, 0.2) is 0 Å². The van der Waals surface area contributed by atoms with Gasteiger partial charge in [0.2, 0.25) is 0 Å². The van der Waals surface area contributed by atoms with Crippen molar-refractivity contribution < 1.29 is 4.39 Å². The summed E-state index contributed by atoms with van der Waals surface area (Å²) in [6.07, 6.45) is 1.63. The van der Waals surface area contributed by atoms with Crippen molar-refractivity contribution in [1.29, 1.82) is 0 Å². The Morgan fingerprint density at radius 1 is 1.40 bits per heavy atom. The Morgan fingerprint density at radius 2 is 2.20 bits per heavy atom. The molecule has 0 amide bonds. The van der Waals surface area contributed by atoms with E-state index in [1.807, 2.05) is 0 Å². The molecule has 1 N–H and O–H groups in total. The molecule has 0 bridgehead atoms. The van der Waals surface area contributed by atoms with Gasteiger partial charge in [0.1, 0.15) is 5.82 Å². The summed E-state index contributed by atoms with van der Waals surface area (Å²) < 4.78 is 15.0. The van der Waals surface area contributed by atoms with Crippen LogP contribution in [0.4, 0.5) is 4.39 Å². The highest BCUT2D eigenvalue weighted by atomic mass is 79.9. The summed E-state index contributed by atoms with van der Waals surface area (Å²) in [4.78, 5) is 0. The van der Waals surface area contributed by atoms with Crippen LogP contribution in [0, 0.1) is 5.82 Å². The molecule has 0 fully saturated rings. The summed E-state index contributed by atoms with van der Waals surface area (Å²) >= 11 is 11.1. The normalized spacial score (nSPS) is 12.6. The maximum atomic E-state index is 13.9. The van der Waals surface area contributed by atoms with Crippen molar-refractivity contribution in [3.8, 4) is 0 Å². The van der Waals surface area contributed by atoms with Crippen molar-refractivity contribution in [2.24, 2.45) is 0 Å². The van der Waals surface area contributed by atoms with Gasteiger partial charge in [-0.1, -0.05) is 18.5 Å². The molecule has 1 atom stereocenters. The number of hydrogen-bond donors (Lipinski definition) is 1. The highest BCUT2D eigenvalue weighted by Crippen LogP contribution is 2.28. The van der Waals surface area contributed by atoms with E-state index in [-0.39, 0.29) is 11.9 Å². The second kappa shape index (κ2) is 7.55. The van der Waals surface area contributed by atoms with Crippen LogP contribution in [0.3, 0.4) is 0 Å². The van der Waals surface area contributed by atoms with Crippen LogP contribution in [-0.2, 0) is 6.42 Å². The molecule has 0 aliphatic rings. The topological polar surface area (TPSA) is 12.0 Å². The number of benzene rings is 1. The SMILES string of the molecule is CCCNC(Cc1cc(Cl)ccc1F)c1csc(Br)c1. The van der Waals surface area contributed by atoms with E-state index in [9.17, 15) is 4.39 Å². The molecule has 1 aromatic heterocycles. The number of rotatable bonds is 6. The number of hydrogen-bond acceptors (Lipinski definition) is 2. The van der Waals surface area contributed by atoms with E-state index >= 15 is 0 Å². The van der Waals surface area contributed by atoms with Crippen LogP contribution >= 0.6 is 38.9 Å². The Kier molecular flexibility index (Phi) is 6.02. The lowest BCUT2D eigenvalue weighted by molar-refractivity contribution is 0.514. The summed E-state index contributed by atoms with van der Waals surface area (Å²) in [5.74, 6) is -0.202. The van der Waals surface area contributed by atoms with Gasteiger partial charge in [-0.05, 0) is 76.1 Å². The van der Waals surface area contributed by atoms with Gasteiger partial charge in [0.25, 0.3) is 0 Å². The van der Waals surface area contributed by atoms with Crippen LogP contribution in [0.2, 0.25) is 5.02 Å². The Bertz CT molecular complexity index is 573. The van der Waals surface area contributed by atoms with Crippen molar-refractivity contribution in [3.05, 3.63) is 55.4 Å². The van der Waals surface area contributed by atoms with E-state index < -0.39 is 0 Å². The third-order valence-corrected chi connectivity index (χ3v) is 4.82. The predicted molar refractivity (Wildman–Crippen MR) is 88.2 cm³/mol. The highest BCUT2D eigenvalue weighted by molar-refractivity contribution is 9.11. The molecule has 0 saturated carbocycles. The monoisotopic (exact) mass is 375 g/mol. The fourth-order valence-electron chi connectivity index (χ4n) is 2.05. The standard InChI is InChI=1S/C15H16BrClFNS/c1-2-5-19-14(11-8-15(16)20-9-11)7-10-6-12(17)3-4-13(10)18/h3-4,6,8-9,14,19H,2,5,7H2,1H3. The van der Waals surface area contributed by atoms with Crippen LogP contribution in [-0.4, -0.2) is 6.54 Å². The van der Waals surface area contributed by atoms with Gasteiger partial charge in [0, 0.05) is 11.1 Å². The van der Waals surface area contributed by atoms with Crippen molar-refractivity contribution in [2.75, 3.05) is 6.54 Å². The zero-order valence-corrected chi connectivity index (χ0v) is 14.3. The van der Waals surface area contributed by atoms with Crippen LogP contribution in [0.15, 0.2) is 33.4 Å². The fourth-order valence-corrected chi connectivity index (χ4v) is 3.48. The second-order valence-corrected chi connectivity index (χ2v) is 7.36. The van der Waals surface area contributed by atoms with E-state index in [0.717, 1.165) is 16.8 Å². The van der Waals surface area contributed by atoms with Gasteiger partial charge in [-0.15, -0.1) is 11.3 Å². The summed E-state index contributed by atoms with van der Waals surface area (Å²) in [5, 5.41) is 6.14. The van der Waals surface area contributed by atoms with Gasteiger partial charge in [0.05, 0.1) is 3.79 Å². The molecule has 1 aromatic carbocycles. The van der Waals surface area contributed by atoms with E-state index in [0.29, 0.717) is 17.0 Å². The lowest BCUT2D eigenvalue weighted by Gasteiger charge is -2.18. The minimum atomic E-state index is -0.202. The smallest absolute Gasteiger partial charge is 0.126 e. The summed E-state index contributed by atoms with van der Waals surface area (Å²) in [6, 6.07) is 6.90. The van der Waals surface area contributed by atoms with E-state index in [1.165, 1.54) is 11.6 Å². The lowest BCUT2D eigenvalue weighted by Crippen LogP contribution is -2.24. The summed E-state index contributed by atoms with van der Waals surface area (Å²) in [5.41, 5.74) is 1.82. The molecule has 20 heavy (non-hydrogen) atoms. The molecule has 108 valence electrons. The van der Waals surface area contributed by atoms with Crippen LogP contribution in [0.25, 0.3) is 0 Å². The van der Waals surface area contributed by atoms with Gasteiger partial charge < -0.3 is 5.32 Å². The van der Waals surface area contributed by atoms with Crippen molar-refractivity contribution >= 4 is 38.9 Å². The molecule has 2 aromatic rings. The molecule has 0 saturated heterocycles. The maximum Gasteiger partial charge on any atom is 0.126 e. The number of halogens is 3. The average molecular weight is 377 g/mol. The van der Waals surface area contributed by atoms with Crippen molar-refractivity contribution in [1.82, 2.24) is 5.32 Å². The van der Waals surface area contributed by atoms with Gasteiger partial charge >= 0.3 is 0 Å². The minimum Gasteiger partial charge on any atom is -0.310 e. The molecule has 0 aliphatic heterocycles. The first-order valence-corrected chi connectivity index (χ1v) is 8.56. The molecule has 1 unspecified atom stereocenters. The minimum absolute atomic E-state index is 0.102. The van der Waals surface area contributed by atoms with Crippen molar-refractivity contribution in [3.63, 3.8) is 0 Å². The molecule has 0 spiro atoms. The fraction of sp³-hybridized carbons (Fsp3) is 0.333. The third-order valence-electron chi connectivity index (χ3n) is 3.06. The first-order chi connectivity index (χ1) is 9.60. The Balaban J connectivity index is 2.21. The van der Waals surface area contributed by atoms with Crippen molar-refractivity contribution in [2.45, 2.75) is 25.8 Å². The Hall–Kier alpha value is -0.420. The van der Waals surface area contributed by atoms with Crippen LogP contribution in [0.5, 0.6) is 0 Å². The highest BCUT2D eigenvalue weighted by Gasteiger charge is 2.15. The molecule has 5 heteroatoms. The molecular weight excluding hydrogens is 361 g/mol. The number of thiophene rings is 1. The summed E-state index contributed by atoms with van der Waals surface area (Å²) in [7, 11) is 0. The first kappa shape index (κ1) is 16.0. The van der Waals surface area contributed by atoms with E-state index in [1.54, 1.807) is 23.5 Å². The maximum absolute atomic E-state index is 13.9. The van der Waals surface area contributed by atoms with Gasteiger partial charge in [-0.25, -0.2) is 4.39 Å². The zero-order valence-electron chi connectivity index (χ0n) is 11.1. The van der Waals surface area contributed by atoms with Gasteiger partial charge in [-0.2, -0.15) is 0 Å². The second-order valence-electron chi connectivity index (χ2n) is 4.63. The summed E-state index contributed by atoms with van der Waals surface area (Å²) in [6.45, 7) is 3.02. The third kappa shape index (κ3) is 4.29. The predicted octanol–water partition coefficient (Wildman–Crippen LogP) is 5.59. The molecule has 1 heterocycles. The average Bonchev–Trinajstić information content (AvgIpc) is 2.85. The van der Waals surface area contributed by atoms with Crippen LogP contribution in [0.1, 0.15) is 30.5 Å². The lowest BCUT2D eigenvalue weighted by atomic mass is 10.0.